The third kappa shape index (κ3) is 3.37. The van der Waals surface area contributed by atoms with E-state index in [1.807, 2.05) is 6.92 Å². The number of nitrogens with zero attached hydrogens (tertiary/aromatic N) is 1. The maximum absolute atomic E-state index is 12.3. The van der Waals surface area contributed by atoms with Crippen molar-refractivity contribution < 1.29 is 9.59 Å². The summed E-state index contributed by atoms with van der Waals surface area (Å²) in [6.07, 6.45) is 2.35. The molecule has 2 unspecified atom stereocenters. The Kier molecular flexibility index (Phi) is 4.77. The average Bonchev–Trinajstić information content (AvgIpc) is 2.86. The Morgan fingerprint density at radius 3 is 2.95 bits per heavy atom. The summed E-state index contributed by atoms with van der Waals surface area (Å²) in [5, 5.41) is 5.12. The lowest BCUT2D eigenvalue weighted by Crippen LogP contribution is -2.46. The van der Waals surface area contributed by atoms with Gasteiger partial charge >= 0.3 is 0 Å². The van der Waals surface area contributed by atoms with E-state index in [1.54, 1.807) is 11.4 Å². The van der Waals surface area contributed by atoms with Crippen molar-refractivity contribution in [2.75, 3.05) is 18.4 Å². The zero-order valence-electron chi connectivity index (χ0n) is 11.9. The normalized spacial score (nSPS) is 21.4. The van der Waals surface area contributed by atoms with Crippen LogP contribution in [-0.4, -0.2) is 35.8 Å². The van der Waals surface area contributed by atoms with Gasteiger partial charge in [-0.2, -0.15) is 0 Å². The molecule has 5 nitrogen and oxygen atoms in total. The molecular formula is C14H21N3O2S. The zero-order chi connectivity index (χ0) is 14.7. The van der Waals surface area contributed by atoms with Gasteiger partial charge in [0.15, 0.2) is 0 Å². The molecule has 110 valence electrons. The Morgan fingerprint density at radius 2 is 2.30 bits per heavy atom. The molecule has 2 atom stereocenters. The summed E-state index contributed by atoms with van der Waals surface area (Å²) in [5.41, 5.74) is 5.66. The highest BCUT2D eigenvalue weighted by molar-refractivity contribution is 7.14. The number of piperidine rings is 1. The van der Waals surface area contributed by atoms with E-state index < -0.39 is 5.91 Å². The molecule has 2 rings (SSSR count). The number of hydrogen-bond acceptors (Lipinski definition) is 4. The topological polar surface area (TPSA) is 75.4 Å². The summed E-state index contributed by atoms with van der Waals surface area (Å²) in [4.78, 5) is 25.7. The number of hydrogen-bond donors (Lipinski definition) is 2. The number of amides is 2. The molecule has 0 spiro atoms. The van der Waals surface area contributed by atoms with Crippen molar-refractivity contribution in [2.24, 2.45) is 11.7 Å². The van der Waals surface area contributed by atoms with Crippen LogP contribution in [0, 0.1) is 5.92 Å². The number of carbonyl (C=O) groups is 2. The molecule has 1 aromatic rings. The van der Waals surface area contributed by atoms with Crippen LogP contribution in [0.2, 0.25) is 0 Å². The minimum absolute atomic E-state index is 0.0796. The maximum Gasteiger partial charge on any atom is 0.251 e. The third-order valence-corrected chi connectivity index (χ3v) is 4.61. The second-order valence-corrected chi connectivity index (χ2v) is 6.35. The summed E-state index contributed by atoms with van der Waals surface area (Å²) in [6.45, 7) is 6.01. The van der Waals surface area contributed by atoms with Crippen LogP contribution in [-0.2, 0) is 4.79 Å². The molecule has 2 heterocycles. The van der Waals surface area contributed by atoms with Crippen LogP contribution < -0.4 is 11.1 Å². The molecule has 1 fully saturated rings. The smallest absolute Gasteiger partial charge is 0.251 e. The number of nitrogens with one attached hydrogen (secondary N) is 1. The van der Waals surface area contributed by atoms with Gasteiger partial charge in [0.05, 0.1) is 11.6 Å². The van der Waals surface area contributed by atoms with Crippen LogP contribution in [0.1, 0.15) is 37.0 Å². The van der Waals surface area contributed by atoms with Gasteiger partial charge in [-0.1, -0.05) is 6.92 Å². The highest BCUT2D eigenvalue weighted by Crippen LogP contribution is 2.24. The molecular weight excluding hydrogens is 274 g/mol. The number of primary amides is 1. The monoisotopic (exact) mass is 295 g/mol. The molecule has 1 saturated heterocycles. The summed E-state index contributed by atoms with van der Waals surface area (Å²) in [5.74, 6) is 0.0340. The average molecular weight is 295 g/mol. The first kappa shape index (κ1) is 15.0. The molecule has 0 radical (unpaired) electrons. The Hall–Kier alpha value is -1.40. The van der Waals surface area contributed by atoms with Crippen molar-refractivity contribution in [1.29, 1.82) is 0 Å². The van der Waals surface area contributed by atoms with Gasteiger partial charge in [0.25, 0.3) is 5.91 Å². The van der Waals surface area contributed by atoms with Gasteiger partial charge in [-0.05, 0) is 43.7 Å². The number of thiophene rings is 1. The Balaban J connectivity index is 2.00. The van der Waals surface area contributed by atoms with Crippen LogP contribution in [0.4, 0.5) is 5.00 Å². The molecule has 20 heavy (non-hydrogen) atoms. The second-order valence-electron chi connectivity index (χ2n) is 5.44. The Labute approximate surface area is 123 Å². The number of likely N-dealkylation sites (tertiary alicyclic amines) is 1. The number of anilines is 1. The molecule has 1 aliphatic rings. The standard InChI is InChI=1S/C14H21N3O2S/c1-9-4-3-6-17(8-9)10(2)13(19)16-14-11(12(15)18)5-7-20-14/h5,7,9-10H,3-4,6,8H2,1-2H3,(H2,15,18)(H,16,19). The van der Waals surface area contributed by atoms with Crippen LogP contribution >= 0.6 is 11.3 Å². The Morgan fingerprint density at radius 1 is 1.55 bits per heavy atom. The molecule has 1 aliphatic heterocycles. The van der Waals surface area contributed by atoms with E-state index in [0.29, 0.717) is 16.5 Å². The lowest BCUT2D eigenvalue weighted by atomic mass is 9.99. The van der Waals surface area contributed by atoms with Gasteiger partial charge in [-0.15, -0.1) is 11.3 Å². The fraction of sp³-hybridized carbons (Fsp3) is 0.571. The largest absolute Gasteiger partial charge is 0.366 e. The van der Waals surface area contributed by atoms with E-state index in [-0.39, 0.29) is 11.9 Å². The van der Waals surface area contributed by atoms with Crippen molar-refractivity contribution in [2.45, 2.75) is 32.7 Å². The van der Waals surface area contributed by atoms with Crippen LogP contribution in [0.5, 0.6) is 0 Å². The lowest BCUT2D eigenvalue weighted by molar-refractivity contribution is -0.121. The summed E-state index contributed by atoms with van der Waals surface area (Å²) in [7, 11) is 0. The van der Waals surface area contributed by atoms with Crippen molar-refractivity contribution in [3.05, 3.63) is 17.0 Å². The minimum Gasteiger partial charge on any atom is -0.366 e. The van der Waals surface area contributed by atoms with E-state index in [4.69, 9.17) is 5.73 Å². The van der Waals surface area contributed by atoms with Crippen molar-refractivity contribution in [3.8, 4) is 0 Å². The molecule has 2 amide bonds. The van der Waals surface area contributed by atoms with Gasteiger partial charge in [-0.3, -0.25) is 14.5 Å². The highest BCUT2D eigenvalue weighted by atomic mass is 32.1. The molecule has 1 aromatic heterocycles. The third-order valence-electron chi connectivity index (χ3n) is 3.78. The molecule has 0 bridgehead atoms. The molecule has 0 saturated carbocycles. The van der Waals surface area contributed by atoms with E-state index >= 15 is 0 Å². The van der Waals surface area contributed by atoms with Gasteiger partial charge in [0.2, 0.25) is 5.91 Å². The van der Waals surface area contributed by atoms with E-state index in [1.165, 1.54) is 17.8 Å². The summed E-state index contributed by atoms with van der Waals surface area (Å²) < 4.78 is 0. The predicted octanol–water partition coefficient (Wildman–Crippen LogP) is 1.91. The Bertz CT molecular complexity index is 500. The van der Waals surface area contributed by atoms with E-state index in [9.17, 15) is 9.59 Å². The summed E-state index contributed by atoms with van der Waals surface area (Å²) >= 11 is 1.32. The zero-order valence-corrected chi connectivity index (χ0v) is 12.7. The molecule has 6 heteroatoms. The van der Waals surface area contributed by atoms with Gasteiger partial charge < -0.3 is 11.1 Å². The first-order valence-electron chi connectivity index (χ1n) is 6.91. The first-order chi connectivity index (χ1) is 9.49. The number of carbonyl (C=O) groups excluding carboxylic acids is 2. The van der Waals surface area contributed by atoms with Crippen LogP contribution in [0.3, 0.4) is 0 Å². The fourth-order valence-electron chi connectivity index (χ4n) is 2.56. The van der Waals surface area contributed by atoms with Crippen molar-refractivity contribution in [3.63, 3.8) is 0 Å². The van der Waals surface area contributed by atoms with Crippen LogP contribution in [0.25, 0.3) is 0 Å². The van der Waals surface area contributed by atoms with E-state index in [0.717, 1.165) is 19.5 Å². The second kappa shape index (κ2) is 6.37. The first-order valence-corrected chi connectivity index (χ1v) is 7.79. The SMILES string of the molecule is CC1CCCN(C(C)C(=O)Nc2sccc2C(N)=O)C1. The molecule has 0 aromatic carbocycles. The quantitative estimate of drug-likeness (QED) is 0.891. The lowest BCUT2D eigenvalue weighted by Gasteiger charge is -2.34. The summed E-state index contributed by atoms with van der Waals surface area (Å²) in [6, 6.07) is 1.44. The van der Waals surface area contributed by atoms with Crippen LogP contribution in [0.15, 0.2) is 11.4 Å². The van der Waals surface area contributed by atoms with E-state index in [2.05, 4.69) is 17.1 Å². The minimum atomic E-state index is -0.513. The molecule has 0 aliphatic carbocycles. The predicted molar refractivity (Wildman–Crippen MR) is 80.9 cm³/mol. The molecule has 3 N–H and O–H groups in total. The van der Waals surface area contributed by atoms with Gasteiger partial charge in [0, 0.05) is 6.54 Å². The number of rotatable bonds is 4. The number of nitrogens with two attached hydrogens (primary N) is 1. The van der Waals surface area contributed by atoms with Crippen molar-refractivity contribution >= 4 is 28.2 Å². The highest BCUT2D eigenvalue weighted by Gasteiger charge is 2.26. The van der Waals surface area contributed by atoms with Crippen molar-refractivity contribution in [1.82, 2.24) is 4.90 Å². The fourth-order valence-corrected chi connectivity index (χ4v) is 3.36. The van der Waals surface area contributed by atoms with Gasteiger partial charge in [-0.25, -0.2) is 0 Å². The maximum atomic E-state index is 12.3. The van der Waals surface area contributed by atoms with Gasteiger partial charge in [0.1, 0.15) is 5.00 Å².